The molecule has 5 N–H and O–H groups in total. The molecule has 3 aliphatic heterocycles. The summed E-state index contributed by atoms with van der Waals surface area (Å²) in [6, 6.07) is 17.1. The number of aromatic nitrogens is 5. The Morgan fingerprint density at radius 1 is 0.892 bits per heavy atom. The number of hydrogen-bond acceptors (Lipinski definition) is 13. The standard InChI is InChI=1S/C48H52N8O9/c1-5-31-33-19-30(57)11-12-38(33)49-42-35(31)24-55-39(42)21-37-36(44(55)60)25-65-45(61)48(37,6-2)26-54(47(63)64)18-17-52-13-15-53(16-14-52)23-28-7-9-29(10-8-28)56-43(50-51-46(56)62)34-20-32(27(3)4)40(58)22-41(34)59/h7-12,19-22,27,57-59H,5-6,13-18,23-26H2,1-4H3,(H,51,62)(H,63,64)/t48-/m1/s1. The van der Waals surface area contributed by atoms with Gasteiger partial charge in [0.15, 0.2) is 5.82 Å². The first-order valence-corrected chi connectivity index (χ1v) is 22.0. The average Bonchev–Trinajstić information content (AvgIpc) is 3.85. The number of carbonyl (C=O) groups excluding carboxylic acids is 1. The van der Waals surface area contributed by atoms with E-state index in [-0.39, 0.29) is 73.2 Å². The number of esters is 1. The normalized spacial score (nSPS) is 17.3. The molecule has 9 rings (SSSR count). The van der Waals surface area contributed by atoms with E-state index in [1.807, 2.05) is 58.0 Å². The van der Waals surface area contributed by atoms with Crippen LogP contribution in [0.1, 0.15) is 73.4 Å². The number of amides is 1. The first kappa shape index (κ1) is 43.3. The van der Waals surface area contributed by atoms with Gasteiger partial charge in [-0.15, -0.1) is 5.10 Å². The number of cyclic esters (lactones) is 1. The zero-order valence-electron chi connectivity index (χ0n) is 36.8. The van der Waals surface area contributed by atoms with Gasteiger partial charge in [-0.1, -0.05) is 44.9 Å². The maximum Gasteiger partial charge on any atom is 0.407 e. The first-order valence-electron chi connectivity index (χ1n) is 22.0. The van der Waals surface area contributed by atoms with Crippen LogP contribution in [0.15, 0.2) is 65.5 Å². The third-order valence-corrected chi connectivity index (χ3v) is 13.5. The Morgan fingerprint density at radius 2 is 1.63 bits per heavy atom. The molecule has 1 atom stereocenters. The van der Waals surface area contributed by atoms with E-state index in [2.05, 4.69) is 20.0 Å². The second kappa shape index (κ2) is 16.9. The van der Waals surface area contributed by atoms with E-state index in [0.29, 0.717) is 77.4 Å². The van der Waals surface area contributed by atoms with Gasteiger partial charge in [-0.2, -0.15) is 0 Å². The molecule has 3 aliphatic rings. The van der Waals surface area contributed by atoms with E-state index < -0.39 is 17.5 Å². The number of benzene rings is 3. The number of hydrogen-bond donors (Lipinski definition) is 5. The molecule has 0 bridgehead atoms. The smallest absolute Gasteiger partial charge is 0.407 e. The third-order valence-electron chi connectivity index (χ3n) is 13.5. The summed E-state index contributed by atoms with van der Waals surface area (Å²) < 4.78 is 8.79. The number of carboxylic acid groups (broad SMARTS) is 1. The highest BCUT2D eigenvalue weighted by Gasteiger charge is 2.49. The Labute approximate surface area is 374 Å². The molecule has 17 heteroatoms. The van der Waals surface area contributed by atoms with E-state index >= 15 is 0 Å². The minimum absolute atomic E-state index is 0.0227. The lowest BCUT2D eigenvalue weighted by Gasteiger charge is -2.40. The van der Waals surface area contributed by atoms with Gasteiger partial charge in [-0.3, -0.25) is 19.4 Å². The van der Waals surface area contributed by atoms with E-state index in [9.17, 15) is 39.9 Å². The lowest BCUT2D eigenvalue weighted by atomic mass is 9.74. The van der Waals surface area contributed by atoms with E-state index in [1.54, 1.807) is 28.8 Å². The van der Waals surface area contributed by atoms with Crippen LogP contribution >= 0.6 is 0 Å². The van der Waals surface area contributed by atoms with E-state index in [0.717, 1.165) is 35.2 Å². The molecule has 0 saturated carbocycles. The SMILES string of the molecule is CCc1c2c(nc3ccc(O)cc13)-c1cc3c(c(=O)n1C2)COC(=O)[C@]3(CC)CN(CCN1CCN(Cc2ccc(-n3c(O)nnc3-c3cc(C(C)C)c(O)cc3O)cc2)CC1)C(=O)O. The molecular weight excluding hydrogens is 833 g/mol. The van der Waals surface area contributed by atoms with Crippen LogP contribution in [0.3, 0.4) is 0 Å². The summed E-state index contributed by atoms with van der Waals surface area (Å²) in [7, 11) is 0. The lowest BCUT2D eigenvalue weighted by molar-refractivity contribution is -0.155. The Kier molecular flexibility index (Phi) is 11.2. The van der Waals surface area contributed by atoms with Crippen molar-refractivity contribution in [2.75, 3.05) is 45.8 Å². The molecule has 3 aromatic heterocycles. The second-order valence-corrected chi connectivity index (χ2v) is 17.5. The fraction of sp³-hybridized carbons (Fsp3) is 0.375. The molecule has 1 amide bonds. The number of piperazine rings is 1. The molecule has 65 heavy (non-hydrogen) atoms. The summed E-state index contributed by atoms with van der Waals surface area (Å²) in [5.74, 6) is -0.441. The molecule has 6 aromatic rings. The van der Waals surface area contributed by atoms with E-state index in [1.165, 1.54) is 15.5 Å². The van der Waals surface area contributed by atoms with Crippen LogP contribution in [0.25, 0.3) is 39.4 Å². The molecule has 6 heterocycles. The first-order chi connectivity index (χ1) is 31.2. The largest absolute Gasteiger partial charge is 0.508 e. The molecule has 1 fully saturated rings. The van der Waals surface area contributed by atoms with Gasteiger partial charge < -0.3 is 39.7 Å². The zero-order valence-corrected chi connectivity index (χ0v) is 36.8. The fourth-order valence-electron chi connectivity index (χ4n) is 9.83. The van der Waals surface area contributed by atoms with Crippen molar-refractivity contribution < 1.29 is 39.9 Å². The van der Waals surface area contributed by atoms with Crippen LogP contribution in [0, 0.1) is 0 Å². The molecule has 0 radical (unpaired) electrons. The number of phenols is 3. The van der Waals surface area contributed by atoms with Crippen molar-refractivity contribution >= 4 is 23.0 Å². The van der Waals surface area contributed by atoms with Gasteiger partial charge in [-0.05, 0) is 83.5 Å². The molecule has 0 unspecified atom stereocenters. The summed E-state index contributed by atoms with van der Waals surface area (Å²) in [4.78, 5) is 51.8. The predicted molar refractivity (Wildman–Crippen MR) is 241 cm³/mol. The van der Waals surface area contributed by atoms with Crippen LogP contribution in [-0.4, -0.2) is 122 Å². The Hall–Kier alpha value is -6.98. The molecule has 338 valence electrons. The maximum atomic E-state index is 14.2. The highest BCUT2D eigenvalue weighted by molar-refractivity contribution is 5.90. The molecule has 0 spiro atoms. The summed E-state index contributed by atoms with van der Waals surface area (Å²) in [6.07, 6.45) is -0.300. The Bertz CT molecular complexity index is 2920. The van der Waals surface area contributed by atoms with Crippen LogP contribution in [0.2, 0.25) is 0 Å². The number of rotatable bonds is 12. The average molecular weight is 885 g/mol. The van der Waals surface area contributed by atoms with Gasteiger partial charge in [0.05, 0.1) is 40.3 Å². The quantitative estimate of drug-likeness (QED) is 0.0933. The zero-order chi connectivity index (χ0) is 45.9. The summed E-state index contributed by atoms with van der Waals surface area (Å²) in [5, 5.41) is 61.3. The number of nitrogens with zero attached hydrogens (tertiary/aromatic N) is 8. The van der Waals surface area contributed by atoms with Gasteiger partial charge in [-0.25, -0.2) is 14.3 Å². The van der Waals surface area contributed by atoms with Crippen LogP contribution in [-0.2, 0) is 41.1 Å². The Morgan fingerprint density at radius 3 is 2.32 bits per heavy atom. The number of aryl methyl sites for hydroxylation is 1. The highest BCUT2D eigenvalue weighted by Crippen LogP contribution is 2.43. The second-order valence-electron chi connectivity index (χ2n) is 17.5. The van der Waals surface area contributed by atoms with E-state index in [4.69, 9.17) is 9.72 Å². The maximum absolute atomic E-state index is 14.2. The molecular formula is C48H52N8O9. The number of fused-ring (bicyclic) bond motifs is 5. The Balaban J connectivity index is 0.872. The van der Waals surface area contributed by atoms with Crippen LogP contribution in [0.5, 0.6) is 23.3 Å². The van der Waals surface area contributed by atoms with Crippen LogP contribution < -0.4 is 5.56 Å². The van der Waals surface area contributed by atoms with Crippen LogP contribution in [0.4, 0.5) is 4.79 Å². The number of ether oxygens (including phenoxy) is 1. The topological polar surface area (TPSA) is 220 Å². The van der Waals surface area contributed by atoms with Crippen molar-refractivity contribution in [3.63, 3.8) is 0 Å². The number of carbonyl (C=O) groups is 2. The fourth-order valence-corrected chi connectivity index (χ4v) is 9.83. The summed E-state index contributed by atoms with van der Waals surface area (Å²) in [6.45, 7) is 11.7. The number of phenolic OH excluding ortho intramolecular Hbond substituents is 3. The van der Waals surface area contributed by atoms with Crippen molar-refractivity contribution in [1.82, 2.24) is 39.0 Å². The van der Waals surface area contributed by atoms with Gasteiger partial charge in [0.2, 0.25) is 0 Å². The van der Waals surface area contributed by atoms with Gasteiger partial charge >= 0.3 is 18.1 Å². The third kappa shape index (κ3) is 7.57. The molecule has 1 saturated heterocycles. The molecule has 17 nitrogen and oxygen atoms in total. The predicted octanol–water partition coefficient (Wildman–Crippen LogP) is 5.68. The van der Waals surface area contributed by atoms with Gasteiger partial charge in [0.1, 0.15) is 29.3 Å². The summed E-state index contributed by atoms with van der Waals surface area (Å²) in [5.41, 5.74) is 5.48. The minimum atomic E-state index is -1.41. The van der Waals surface area contributed by atoms with Crippen molar-refractivity contribution in [2.24, 2.45) is 0 Å². The monoisotopic (exact) mass is 884 g/mol. The van der Waals surface area contributed by atoms with Crippen molar-refractivity contribution in [1.29, 1.82) is 0 Å². The van der Waals surface area contributed by atoms with Crippen molar-refractivity contribution in [3.05, 3.63) is 104 Å². The lowest BCUT2D eigenvalue weighted by Crippen LogP contribution is -2.54. The highest BCUT2D eigenvalue weighted by atomic mass is 16.5. The minimum Gasteiger partial charge on any atom is -0.508 e. The van der Waals surface area contributed by atoms with Gasteiger partial charge in [0.25, 0.3) is 5.56 Å². The van der Waals surface area contributed by atoms with Crippen molar-refractivity contribution in [3.8, 4) is 51.7 Å². The van der Waals surface area contributed by atoms with Gasteiger partial charge in [0, 0.05) is 69.4 Å². The summed E-state index contributed by atoms with van der Waals surface area (Å²) >= 11 is 0. The number of aromatic hydroxyl groups is 4. The van der Waals surface area contributed by atoms with Crippen molar-refractivity contribution in [2.45, 2.75) is 71.6 Å². The number of pyridine rings is 2. The molecule has 0 aliphatic carbocycles. The molecule has 3 aromatic carbocycles.